The van der Waals surface area contributed by atoms with E-state index in [9.17, 15) is 14.3 Å². The third-order valence-corrected chi connectivity index (χ3v) is 7.91. The Balaban J connectivity index is 1.68. The zero-order valence-corrected chi connectivity index (χ0v) is 21.4. The van der Waals surface area contributed by atoms with Crippen molar-refractivity contribution in [3.63, 3.8) is 0 Å². The van der Waals surface area contributed by atoms with Crippen LogP contribution in [0.4, 0.5) is 15.2 Å². The van der Waals surface area contributed by atoms with Gasteiger partial charge in [-0.15, -0.1) is 0 Å². The molecule has 1 aromatic heterocycles. The molecule has 1 unspecified atom stereocenters. The minimum atomic E-state index is -0.642. The number of carbonyl (C=O) groups excluding carboxylic acids is 1. The number of hydrogen-bond acceptors (Lipinski definition) is 4. The number of nitrogens with zero attached hydrogens (tertiary/aromatic N) is 2. The van der Waals surface area contributed by atoms with Crippen LogP contribution in [0.3, 0.4) is 0 Å². The third kappa shape index (κ3) is 4.05. The van der Waals surface area contributed by atoms with Gasteiger partial charge in [-0.25, -0.2) is 9.29 Å². The van der Waals surface area contributed by atoms with Crippen molar-refractivity contribution < 1.29 is 18.9 Å². The van der Waals surface area contributed by atoms with Crippen molar-refractivity contribution >= 4 is 28.1 Å². The lowest BCUT2D eigenvalue weighted by Gasteiger charge is -2.28. The van der Waals surface area contributed by atoms with Gasteiger partial charge in [0.1, 0.15) is 22.0 Å². The summed E-state index contributed by atoms with van der Waals surface area (Å²) in [5.74, 6) is -0.573. The van der Waals surface area contributed by atoms with Crippen LogP contribution in [-0.4, -0.2) is 18.1 Å². The number of carbonyl (C=O) groups is 1. The van der Waals surface area contributed by atoms with Crippen molar-refractivity contribution in [2.24, 2.45) is 0 Å². The summed E-state index contributed by atoms with van der Waals surface area (Å²) in [6.45, 7) is 5.86. The van der Waals surface area contributed by atoms with Crippen molar-refractivity contribution in [2.75, 3.05) is 17.3 Å². The number of aromatic nitrogens is 1. The number of fused-ring (bicyclic) bond motifs is 1. The van der Waals surface area contributed by atoms with E-state index in [-0.39, 0.29) is 17.6 Å². The van der Waals surface area contributed by atoms with E-state index in [1.807, 2.05) is 81.2 Å². The molecule has 0 saturated carbocycles. The topological polar surface area (TPSA) is 56.5 Å². The van der Waals surface area contributed by atoms with Gasteiger partial charge >= 0.3 is 11.0 Å². The zero-order chi connectivity index (χ0) is 25.6. The first-order valence-electron chi connectivity index (χ1n) is 11.7. The van der Waals surface area contributed by atoms with Crippen LogP contribution in [-0.2, 0) is 4.79 Å². The Labute approximate surface area is 213 Å². The molecule has 1 aliphatic heterocycles. The van der Waals surface area contributed by atoms with Crippen LogP contribution in [0.15, 0.2) is 84.1 Å². The molecule has 2 heterocycles. The molecular formula is C29H27FN3O2S+. The molecule has 2 N–H and O–H groups in total. The molecule has 1 amide bonds. The predicted octanol–water partition coefficient (Wildman–Crippen LogP) is 6.12. The van der Waals surface area contributed by atoms with Gasteiger partial charge in [0.15, 0.2) is 6.04 Å². The van der Waals surface area contributed by atoms with Gasteiger partial charge in [-0.1, -0.05) is 60.2 Å². The van der Waals surface area contributed by atoms with Crippen LogP contribution in [0.1, 0.15) is 29.7 Å². The molecule has 5 nitrogen and oxygen atoms in total. The number of anilines is 2. The van der Waals surface area contributed by atoms with Crippen molar-refractivity contribution in [3.05, 3.63) is 107 Å². The highest BCUT2D eigenvalue weighted by molar-refractivity contribution is 7.18. The standard InChI is InChI=1S/C29H26FN3O2S/c1-17-10-15-23(18(2)16-17)31-27(34)24-19(3)32(4)29-33(25(24)20-11-13-22(30)14-12-20)28(35)26(36-29)21-8-6-5-7-9-21/h5-16,25H,1-4H3,(H-,31,34,35)/p+1. The Morgan fingerprint density at radius 3 is 2.39 bits per heavy atom. The molecule has 1 atom stereocenters. The highest BCUT2D eigenvalue weighted by Crippen LogP contribution is 2.44. The maximum absolute atomic E-state index is 13.9. The monoisotopic (exact) mass is 500 g/mol. The fourth-order valence-corrected chi connectivity index (χ4v) is 5.86. The van der Waals surface area contributed by atoms with Gasteiger partial charge in [-0.3, -0.25) is 4.79 Å². The lowest BCUT2D eigenvalue weighted by molar-refractivity contribution is -0.695. The third-order valence-electron chi connectivity index (χ3n) is 6.64. The molecular weight excluding hydrogens is 473 g/mol. The number of aromatic hydroxyl groups is 1. The SMILES string of the molecule is CC1=C(C(=O)Nc2ccc(C)cc2C)C(c2ccc(F)cc2)[n+]2c(sc(-c3ccccc3)c2O)N1C. The molecule has 0 spiro atoms. The average molecular weight is 501 g/mol. The number of hydrogen-bond donors (Lipinski definition) is 2. The number of halogens is 1. The molecule has 0 aliphatic carbocycles. The number of nitrogens with one attached hydrogen (secondary N) is 1. The van der Waals surface area contributed by atoms with Crippen LogP contribution in [0.25, 0.3) is 10.4 Å². The van der Waals surface area contributed by atoms with Gasteiger partial charge in [0.25, 0.3) is 5.91 Å². The lowest BCUT2D eigenvalue weighted by atomic mass is 9.94. The first-order chi connectivity index (χ1) is 17.3. The first kappa shape index (κ1) is 23.8. The van der Waals surface area contributed by atoms with E-state index in [0.717, 1.165) is 33.2 Å². The summed E-state index contributed by atoms with van der Waals surface area (Å²) in [5.41, 5.74) is 5.62. The highest BCUT2D eigenvalue weighted by Gasteiger charge is 2.45. The van der Waals surface area contributed by atoms with Gasteiger partial charge in [0.2, 0.25) is 0 Å². The summed E-state index contributed by atoms with van der Waals surface area (Å²) in [6.07, 6.45) is 0. The molecule has 0 bridgehead atoms. The van der Waals surface area contributed by atoms with E-state index in [1.165, 1.54) is 23.5 Å². The van der Waals surface area contributed by atoms with Crippen molar-refractivity contribution in [1.29, 1.82) is 0 Å². The first-order valence-corrected chi connectivity index (χ1v) is 12.5. The molecule has 7 heteroatoms. The van der Waals surface area contributed by atoms with E-state index < -0.39 is 6.04 Å². The van der Waals surface area contributed by atoms with Crippen LogP contribution < -0.4 is 14.8 Å². The average Bonchev–Trinajstić information content (AvgIpc) is 3.21. The van der Waals surface area contributed by atoms with Crippen LogP contribution in [0.2, 0.25) is 0 Å². The Bertz CT molecular complexity index is 1490. The van der Waals surface area contributed by atoms with Gasteiger partial charge < -0.3 is 10.4 Å². The highest BCUT2D eigenvalue weighted by atomic mass is 32.1. The van der Waals surface area contributed by atoms with E-state index in [4.69, 9.17) is 0 Å². The fraction of sp³-hybridized carbons (Fsp3) is 0.172. The molecule has 1 aliphatic rings. The normalized spacial score (nSPS) is 15.1. The summed E-state index contributed by atoms with van der Waals surface area (Å²) in [7, 11) is 1.89. The second-order valence-corrected chi connectivity index (χ2v) is 10.0. The van der Waals surface area contributed by atoms with Gasteiger partial charge in [0.05, 0.1) is 7.05 Å². The minimum Gasteiger partial charge on any atom is -0.477 e. The molecule has 182 valence electrons. The van der Waals surface area contributed by atoms with E-state index in [1.54, 1.807) is 16.7 Å². The molecule has 0 fully saturated rings. The molecule has 4 aromatic rings. The molecule has 3 aromatic carbocycles. The Morgan fingerprint density at radius 2 is 1.72 bits per heavy atom. The van der Waals surface area contributed by atoms with Gasteiger partial charge in [0, 0.05) is 11.3 Å². The number of rotatable bonds is 4. The zero-order valence-electron chi connectivity index (χ0n) is 20.5. The largest absolute Gasteiger partial charge is 0.477 e. The second-order valence-electron chi connectivity index (χ2n) is 9.06. The Morgan fingerprint density at radius 1 is 1.03 bits per heavy atom. The smallest absolute Gasteiger partial charge is 0.345 e. The number of benzene rings is 3. The fourth-order valence-electron chi connectivity index (χ4n) is 4.67. The van der Waals surface area contributed by atoms with Crippen molar-refractivity contribution in [2.45, 2.75) is 26.8 Å². The number of allylic oxidation sites excluding steroid dienone is 1. The molecule has 36 heavy (non-hydrogen) atoms. The summed E-state index contributed by atoms with van der Waals surface area (Å²) in [5, 5.41) is 15.3. The lowest BCUT2D eigenvalue weighted by Crippen LogP contribution is -2.50. The maximum Gasteiger partial charge on any atom is 0.345 e. The van der Waals surface area contributed by atoms with Crippen molar-refractivity contribution in [1.82, 2.24) is 0 Å². The number of thiazole rings is 1. The summed E-state index contributed by atoms with van der Waals surface area (Å²) >= 11 is 1.45. The van der Waals surface area contributed by atoms with Crippen LogP contribution >= 0.6 is 11.3 Å². The Hall–Kier alpha value is -3.97. The second kappa shape index (κ2) is 9.24. The maximum atomic E-state index is 13.9. The quantitative estimate of drug-likeness (QED) is 0.332. The summed E-state index contributed by atoms with van der Waals surface area (Å²) < 4.78 is 15.6. The van der Waals surface area contributed by atoms with E-state index in [2.05, 4.69) is 5.32 Å². The van der Waals surface area contributed by atoms with Crippen LogP contribution in [0.5, 0.6) is 5.88 Å². The van der Waals surface area contributed by atoms with Gasteiger partial charge in [-0.2, -0.15) is 4.57 Å². The molecule has 0 radical (unpaired) electrons. The minimum absolute atomic E-state index is 0.0618. The van der Waals surface area contributed by atoms with Gasteiger partial charge in [-0.05, 0) is 61.4 Å². The summed E-state index contributed by atoms with van der Waals surface area (Å²) in [4.78, 5) is 16.5. The molecule has 0 saturated heterocycles. The van der Waals surface area contributed by atoms with Crippen molar-refractivity contribution in [3.8, 4) is 16.3 Å². The summed E-state index contributed by atoms with van der Waals surface area (Å²) in [6, 6.07) is 21.0. The Kier molecular flexibility index (Phi) is 6.10. The number of amides is 1. The van der Waals surface area contributed by atoms with E-state index >= 15 is 0 Å². The van der Waals surface area contributed by atoms with Crippen LogP contribution in [0, 0.1) is 19.7 Å². The molecule has 5 rings (SSSR count). The van der Waals surface area contributed by atoms with E-state index in [0.29, 0.717) is 16.0 Å². The number of aryl methyl sites for hydroxylation is 2. The predicted molar refractivity (Wildman–Crippen MR) is 142 cm³/mol.